The number of benzene rings is 3. The van der Waals surface area contributed by atoms with Crippen LogP contribution in [0, 0.1) is 0 Å². The minimum Gasteiger partial charge on any atom is -0.323 e. The van der Waals surface area contributed by atoms with Gasteiger partial charge in [0.2, 0.25) is 15.9 Å². The van der Waals surface area contributed by atoms with E-state index in [2.05, 4.69) is 10.0 Å². The van der Waals surface area contributed by atoms with Crippen LogP contribution in [-0.2, 0) is 21.0 Å². The van der Waals surface area contributed by atoms with Crippen molar-refractivity contribution in [2.24, 2.45) is 0 Å². The summed E-state index contributed by atoms with van der Waals surface area (Å²) < 4.78 is 66.1. The maximum atomic E-state index is 12.9. The lowest BCUT2D eigenvalue weighted by atomic mass is 10.1. The molecule has 0 fully saturated rings. The number of alkyl halides is 3. The van der Waals surface area contributed by atoms with Gasteiger partial charge in [-0.3, -0.25) is 4.79 Å². The summed E-state index contributed by atoms with van der Waals surface area (Å²) >= 11 is 5.86. The first kappa shape index (κ1) is 22.1. The maximum absolute atomic E-state index is 12.9. The zero-order valence-corrected chi connectivity index (χ0v) is 17.1. The lowest BCUT2D eigenvalue weighted by molar-refractivity contribution is -0.137. The van der Waals surface area contributed by atoms with E-state index in [1.54, 1.807) is 18.2 Å². The van der Waals surface area contributed by atoms with Crippen molar-refractivity contribution in [1.29, 1.82) is 0 Å². The molecular formula is C20H16ClF3N2O3S. The van der Waals surface area contributed by atoms with E-state index in [0.717, 1.165) is 17.5 Å². The van der Waals surface area contributed by atoms with Crippen molar-refractivity contribution >= 4 is 44.0 Å². The van der Waals surface area contributed by atoms with Crippen LogP contribution in [0.3, 0.4) is 0 Å². The van der Waals surface area contributed by atoms with Gasteiger partial charge >= 0.3 is 6.18 Å². The van der Waals surface area contributed by atoms with Crippen LogP contribution in [0.25, 0.3) is 10.8 Å². The average Bonchev–Trinajstić information content (AvgIpc) is 2.68. The Morgan fingerprint density at radius 1 is 1.00 bits per heavy atom. The number of sulfonamides is 1. The Balaban J connectivity index is 1.78. The zero-order chi connectivity index (χ0) is 22.1. The van der Waals surface area contributed by atoms with Crippen molar-refractivity contribution in [3.8, 4) is 0 Å². The standard InChI is InChI=1S/C20H16ClF3N2O3S/c1-12(19(27)25-18-11-15(20(22,23)24)7-9-17(18)21)26-30(28,29)16-8-6-13-4-2-3-5-14(13)10-16/h2-12,26H,1H3,(H,25,27)/t12-/m0/s1. The summed E-state index contributed by atoms with van der Waals surface area (Å²) in [5, 5.41) is 3.67. The fraction of sp³-hybridized carbons (Fsp3) is 0.150. The predicted octanol–water partition coefficient (Wildman–Crippen LogP) is 4.82. The van der Waals surface area contributed by atoms with Crippen LogP contribution in [0.15, 0.2) is 65.6 Å². The minimum absolute atomic E-state index is 0.0436. The SMILES string of the molecule is C[C@H](NS(=O)(=O)c1ccc2ccccc2c1)C(=O)Nc1cc(C(F)(F)F)ccc1Cl. The molecule has 0 aliphatic rings. The fourth-order valence-electron chi connectivity index (χ4n) is 2.73. The molecule has 0 spiro atoms. The molecule has 10 heteroatoms. The second kappa shape index (κ2) is 8.25. The van der Waals surface area contributed by atoms with Gasteiger partial charge in [0.25, 0.3) is 0 Å². The van der Waals surface area contributed by atoms with Gasteiger partial charge in [-0.25, -0.2) is 8.42 Å². The van der Waals surface area contributed by atoms with E-state index in [0.29, 0.717) is 11.5 Å². The molecule has 0 aliphatic heterocycles. The molecule has 0 radical (unpaired) electrons. The van der Waals surface area contributed by atoms with Crippen molar-refractivity contribution in [2.75, 3.05) is 5.32 Å². The van der Waals surface area contributed by atoms with Crippen LogP contribution in [0.5, 0.6) is 0 Å². The molecule has 2 N–H and O–H groups in total. The molecule has 0 saturated carbocycles. The molecule has 1 amide bonds. The molecule has 0 unspecified atom stereocenters. The number of rotatable bonds is 5. The first-order valence-corrected chi connectivity index (χ1v) is 10.5. The minimum atomic E-state index is -4.62. The third-order valence-electron chi connectivity index (χ3n) is 4.31. The number of carbonyl (C=O) groups is 1. The summed E-state index contributed by atoms with van der Waals surface area (Å²) in [5.41, 5.74) is -1.26. The average molecular weight is 457 g/mol. The molecular weight excluding hydrogens is 441 g/mol. The highest BCUT2D eigenvalue weighted by Crippen LogP contribution is 2.33. The molecule has 3 aromatic carbocycles. The van der Waals surface area contributed by atoms with Gasteiger partial charge in [0, 0.05) is 0 Å². The van der Waals surface area contributed by atoms with E-state index in [9.17, 15) is 26.4 Å². The number of anilines is 1. The molecule has 0 heterocycles. The summed E-state index contributed by atoms with van der Waals surface area (Å²) in [6.07, 6.45) is -4.62. The van der Waals surface area contributed by atoms with E-state index in [4.69, 9.17) is 11.6 Å². The summed E-state index contributed by atoms with van der Waals surface area (Å²) in [5.74, 6) is -0.861. The molecule has 3 aromatic rings. The number of hydrogen-bond donors (Lipinski definition) is 2. The molecule has 0 aliphatic carbocycles. The molecule has 0 bridgehead atoms. The highest BCUT2D eigenvalue weighted by Gasteiger charge is 2.31. The number of amides is 1. The van der Waals surface area contributed by atoms with Gasteiger partial charge in [0.05, 0.1) is 27.2 Å². The van der Waals surface area contributed by atoms with E-state index >= 15 is 0 Å². The van der Waals surface area contributed by atoms with Crippen LogP contribution in [0.1, 0.15) is 12.5 Å². The number of nitrogens with one attached hydrogen (secondary N) is 2. The van der Waals surface area contributed by atoms with Crippen LogP contribution in [0.4, 0.5) is 18.9 Å². The van der Waals surface area contributed by atoms with Gasteiger partial charge in [0.15, 0.2) is 0 Å². The smallest absolute Gasteiger partial charge is 0.323 e. The topological polar surface area (TPSA) is 75.3 Å². The number of halogens is 4. The largest absolute Gasteiger partial charge is 0.416 e. The monoisotopic (exact) mass is 456 g/mol. The molecule has 30 heavy (non-hydrogen) atoms. The van der Waals surface area contributed by atoms with Gasteiger partial charge in [-0.2, -0.15) is 17.9 Å². The van der Waals surface area contributed by atoms with Crippen molar-refractivity contribution in [3.05, 3.63) is 71.2 Å². The molecule has 0 saturated heterocycles. The predicted molar refractivity (Wildman–Crippen MR) is 109 cm³/mol. The van der Waals surface area contributed by atoms with E-state index < -0.39 is 33.7 Å². The van der Waals surface area contributed by atoms with E-state index in [1.807, 2.05) is 12.1 Å². The molecule has 1 atom stereocenters. The first-order valence-electron chi connectivity index (χ1n) is 8.66. The maximum Gasteiger partial charge on any atom is 0.416 e. The van der Waals surface area contributed by atoms with Crippen LogP contribution >= 0.6 is 11.6 Å². The van der Waals surface area contributed by atoms with Crippen molar-refractivity contribution in [1.82, 2.24) is 4.72 Å². The highest BCUT2D eigenvalue weighted by atomic mass is 35.5. The van der Waals surface area contributed by atoms with Gasteiger partial charge in [-0.15, -0.1) is 0 Å². The van der Waals surface area contributed by atoms with Crippen molar-refractivity contribution in [3.63, 3.8) is 0 Å². The second-order valence-electron chi connectivity index (χ2n) is 6.53. The molecule has 3 rings (SSSR count). The Hall–Kier alpha value is -2.62. The Labute approximate surface area is 175 Å². The summed E-state index contributed by atoms with van der Waals surface area (Å²) in [6.45, 7) is 1.27. The Morgan fingerprint density at radius 3 is 2.33 bits per heavy atom. The Bertz CT molecular complexity index is 1210. The molecule has 158 valence electrons. The van der Waals surface area contributed by atoms with Gasteiger partial charge in [-0.1, -0.05) is 41.9 Å². The van der Waals surface area contributed by atoms with Crippen LogP contribution < -0.4 is 10.0 Å². The Kier molecular flexibility index (Phi) is 6.07. The van der Waals surface area contributed by atoms with Gasteiger partial charge < -0.3 is 5.32 Å². The zero-order valence-electron chi connectivity index (χ0n) is 15.5. The number of fused-ring (bicyclic) bond motifs is 1. The third kappa shape index (κ3) is 4.92. The highest BCUT2D eigenvalue weighted by molar-refractivity contribution is 7.89. The Morgan fingerprint density at radius 2 is 1.67 bits per heavy atom. The third-order valence-corrected chi connectivity index (χ3v) is 6.18. The first-order chi connectivity index (χ1) is 14.0. The summed E-state index contributed by atoms with van der Waals surface area (Å²) in [7, 11) is -4.05. The molecule has 5 nitrogen and oxygen atoms in total. The summed E-state index contributed by atoms with van der Waals surface area (Å²) in [4.78, 5) is 12.3. The van der Waals surface area contributed by atoms with Crippen molar-refractivity contribution in [2.45, 2.75) is 24.0 Å². The fourth-order valence-corrected chi connectivity index (χ4v) is 4.13. The van der Waals surface area contributed by atoms with E-state index in [-0.39, 0.29) is 15.6 Å². The van der Waals surface area contributed by atoms with Gasteiger partial charge in [-0.05, 0) is 48.0 Å². The quantitative estimate of drug-likeness (QED) is 0.578. The lowest BCUT2D eigenvalue weighted by Gasteiger charge is -2.16. The van der Waals surface area contributed by atoms with Crippen molar-refractivity contribution < 1.29 is 26.4 Å². The second-order valence-corrected chi connectivity index (χ2v) is 8.65. The van der Waals surface area contributed by atoms with E-state index in [1.165, 1.54) is 19.1 Å². The normalized spacial score (nSPS) is 13.2. The number of carbonyl (C=O) groups excluding carboxylic acids is 1. The van der Waals surface area contributed by atoms with Gasteiger partial charge in [0.1, 0.15) is 0 Å². The molecule has 0 aromatic heterocycles. The van der Waals surface area contributed by atoms with Crippen LogP contribution in [-0.4, -0.2) is 20.4 Å². The number of hydrogen-bond acceptors (Lipinski definition) is 3. The van der Waals surface area contributed by atoms with Crippen LogP contribution in [0.2, 0.25) is 5.02 Å². The summed E-state index contributed by atoms with van der Waals surface area (Å²) in [6, 6.07) is 12.9. The lowest BCUT2D eigenvalue weighted by Crippen LogP contribution is -2.41.